The van der Waals surface area contributed by atoms with Crippen molar-refractivity contribution in [1.29, 1.82) is 10.5 Å². The van der Waals surface area contributed by atoms with Crippen LogP contribution in [0.3, 0.4) is 0 Å². The Morgan fingerprint density at radius 2 is 1.73 bits per heavy atom. The first-order valence-electron chi connectivity index (χ1n) is 4.14. The minimum atomic E-state index is -3.35. The van der Waals surface area contributed by atoms with Gasteiger partial charge in [-0.2, -0.15) is 10.5 Å². The van der Waals surface area contributed by atoms with Crippen LogP contribution in [-0.2, 0) is 15.6 Å². The summed E-state index contributed by atoms with van der Waals surface area (Å²) in [6, 6.07) is 9.81. The molecule has 0 amide bonds. The first-order chi connectivity index (χ1) is 7.07. The van der Waals surface area contributed by atoms with E-state index in [2.05, 4.69) is 0 Å². The van der Waals surface area contributed by atoms with Gasteiger partial charge < -0.3 is 0 Å². The predicted molar refractivity (Wildman–Crippen MR) is 54.3 cm³/mol. The Hall–Kier alpha value is -1.85. The summed E-state index contributed by atoms with van der Waals surface area (Å²) in [5.74, 6) is -0.640. The fourth-order valence-corrected chi connectivity index (χ4v) is 2.08. The van der Waals surface area contributed by atoms with Gasteiger partial charge in [0.1, 0.15) is 5.75 Å². The highest BCUT2D eigenvalue weighted by atomic mass is 32.2. The maximum atomic E-state index is 11.3. The van der Waals surface area contributed by atoms with Gasteiger partial charge in [0.05, 0.1) is 23.5 Å². The van der Waals surface area contributed by atoms with E-state index in [9.17, 15) is 8.42 Å². The summed E-state index contributed by atoms with van der Waals surface area (Å²) >= 11 is 0. The normalized spacial score (nSPS) is 10.3. The molecule has 5 heteroatoms. The lowest BCUT2D eigenvalue weighted by molar-refractivity contribution is 0.598. The topological polar surface area (TPSA) is 81.7 Å². The molecule has 15 heavy (non-hydrogen) atoms. The fourth-order valence-electron chi connectivity index (χ4n) is 1.08. The standard InChI is InChI=1S/C10H8N2O2S/c11-5-6-15(13,14)8-10-3-1-9(7-12)2-4-10/h1-4H,6,8H2. The zero-order valence-electron chi connectivity index (χ0n) is 7.84. The van der Waals surface area contributed by atoms with E-state index >= 15 is 0 Å². The van der Waals surface area contributed by atoms with Crippen LogP contribution in [0.5, 0.6) is 0 Å². The highest BCUT2D eigenvalue weighted by Crippen LogP contribution is 2.08. The molecular weight excluding hydrogens is 212 g/mol. The maximum Gasteiger partial charge on any atom is 0.167 e. The number of rotatable bonds is 3. The van der Waals surface area contributed by atoms with Crippen molar-refractivity contribution in [2.75, 3.05) is 5.75 Å². The quantitative estimate of drug-likeness (QED) is 0.760. The largest absolute Gasteiger partial charge is 0.227 e. The molecule has 0 radical (unpaired) electrons. The molecule has 0 N–H and O–H groups in total. The van der Waals surface area contributed by atoms with Crippen LogP contribution in [0.2, 0.25) is 0 Å². The zero-order valence-corrected chi connectivity index (χ0v) is 8.66. The van der Waals surface area contributed by atoms with E-state index in [1.165, 1.54) is 0 Å². The van der Waals surface area contributed by atoms with Crippen LogP contribution in [0.25, 0.3) is 0 Å². The molecule has 0 aliphatic rings. The summed E-state index contributed by atoms with van der Waals surface area (Å²) in [4.78, 5) is 0. The molecule has 0 saturated heterocycles. The molecule has 0 unspecified atom stereocenters. The van der Waals surface area contributed by atoms with Gasteiger partial charge in [-0.1, -0.05) is 12.1 Å². The van der Waals surface area contributed by atoms with E-state index in [4.69, 9.17) is 10.5 Å². The zero-order chi connectivity index (χ0) is 11.3. The third kappa shape index (κ3) is 3.41. The van der Waals surface area contributed by atoms with Gasteiger partial charge in [0, 0.05) is 0 Å². The molecule has 4 nitrogen and oxygen atoms in total. The molecule has 0 heterocycles. The van der Waals surface area contributed by atoms with Crippen molar-refractivity contribution in [2.45, 2.75) is 5.75 Å². The average Bonchev–Trinajstić information content (AvgIpc) is 2.18. The van der Waals surface area contributed by atoms with E-state index in [1.54, 1.807) is 30.3 Å². The maximum absolute atomic E-state index is 11.3. The number of nitriles is 2. The lowest BCUT2D eigenvalue weighted by Gasteiger charge is -2.00. The number of sulfone groups is 1. The fraction of sp³-hybridized carbons (Fsp3) is 0.200. The van der Waals surface area contributed by atoms with Crippen molar-refractivity contribution >= 4 is 9.84 Å². The molecule has 1 aromatic rings. The molecule has 1 rings (SSSR count). The minimum Gasteiger partial charge on any atom is -0.227 e. The van der Waals surface area contributed by atoms with E-state index in [1.807, 2.05) is 6.07 Å². The Bertz CT molecular complexity index is 518. The van der Waals surface area contributed by atoms with Gasteiger partial charge in [-0.05, 0) is 17.7 Å². The summed E-state index contributed by atoms with van der Waals surface area (Å²) in [6.07, 6.45) is 0. The van der Waals surface area contributed by atoms with E-state index in [0.717, 1.165) is 0 Å². The van der Waals surface area contributed by atoms with Crippen LogP contribution in [0, 0.1) is 22.7 Å². The summed E-state index contributed by atoms with van der Waals surface area (Å²) in [7, 11) is -3.35. The Labute approximate surface area is 88.3 Å². The lowest BCUT2D eigenvalue weighted by atomic mass is 10.2. The van der Waals surface area contributed by atoms with Gasteiger partial charge in [-0.15, -0.1) is 0 Å². The SMILES string of the molecule is N#CCS(=O)(=O)Cc1ccc(C#N)cc1. The van der Waals surface area contributed by atoms with Gasteiger partial charge in [-0.3, -0.25) is 0 Å². The Balaban J connectivity index is 2.84. The van der Waals surface area contributed by atoms with Crippen molar-refractivity contribution in [3.8, 4) is 12.1 Å². The Morgan fingerprint density at radius 1 is 1.13 bits per heavy atom. The van der Waals surface area contributed by atoms with Gasteiger partial charge in [-0.25, -0.2) is 8.42 Å². The lowest BCUT2D eigenvalue weighted by Crippen LogP contribution is -2.07. The van der Waals surface area contributed by atoms with E-state index in [0.29, 0.717) is 11.1 Å². The second-order valence-corrected chi connectivity index (χ2v) is 5.06. The molecule has 0 atom stereocenters. The van der Waals surface area contributed by atoms with Gasteiger partial charge in [0.15, 0.2) is 9.84 Å². The summed E-state index contributed by atoms with van der Waals surface area (Å²) in [5, 5.41) is 16.8. The van der Waals surface area contributed by atoms with Crippen molar-refractivity contribution in [3.05, 3.63) is 35.4 Å². The van der Waals surface area contributed by atoms with Crippen molar-refractivity contribution < 1.29 is 8.42 Å². The van der Waals surface area contributed by atoms with E-state index < -0.39 is 15.6 Å². The Kier molecular flexibility index (Phi) is 3.43. The van der Waals surface area contributed by atoms with Crippen molar-refractivity contribution in [2.24, 2.45) is 0 Å². The van der Waals surface area contributed by atoms with Crippen LogP contribution >= 0.6 is 0 Å². The molecule has 0 aliphatic carbocycles. The number of benzene rings is 1. The smallest absolute Gasteiger partial charge is 0.167 e. The second kappa shape index (κ2) is 4.59. The van der Waals surface area contributed by atoms with Gasteiger partial charge >= 0.3 is 0 Å². The molecular formula is C10H8N2O2S. The third-order valence-corrected chi connectivity index (χ3v) is 3.10. The van der Waals surface area contributed by atoms with Crippen molar-refractivity contribution in [1.82, 2.24) is 0 Å². The number of nitrogens with zero attached hydrogens (tertiary/aromatic N) is 2. The highest BCUT2D eigenvalue weighted by Gasteiger charge is 2.10. The van der Waals surface area contributed by atoms with Crippen LogP contribution in [-0.4, -0.2) is 14.2 Å². The minimum absolute atomic E-state index is 0.160. The molecule has 0 bridgehead atoms. The predicted octanol–water partition coefficient (Wildman–Crippen LogP) is 0.997. The van der Waals surface area contributed by atoms with Crippen molar-refractivity contribution in [3.63, 3.8) is 0 Å². The van der Waals surface area contributed by atoms with Gasteiger partial charge in [0.2, 0.25) is 0 Å². The van der Waals surface area contributed by atoms with E-state index in [-0.39, 0.29) is 5.75 Å². The summed E-state index contributed by atoms with van der Waals surface area (Å²) in [5.41, 5.74) is 1.07. The molecule has 76 valence electrons. The highest BCUT2D eigenvalue weighted by molar-refractivity contribution is 7.90. The summed E-state index contributed by atoms with van der Waals surface area (Å²) in [6.45, 7) is 0. The first kappa shape index (κ1) is 11.2. The monoisotopic (exact) mass is 220 g/mol. The summed E-state index contributed by atoms with van der Waals surface area (Å²) < 4.78 is 22.5. The molecule has 0 saturated carbocycles. The first-order valence-corrected chi connectivity index (χ1v) is 5.96. The van der Waals surface area contributed by atoms with Crippen LogP contribution in [0.4, 0.5) is 0 Å². The third-order valence-electron chi connectivity index (χ3n) is 1.75. The van der Waals surface area contributed by atoms with Crippen LogP contribution in [0.15, 0.2) is 24.3 Å². The Morgan fingerprint density at radius 3 is 2.20 bits per heavy atom. The van der Waals surface area contributed by atoms with Gasteiger partial charge in [0.25, 0.3) is 0 Å². The molecule has 0 aromatic heterocycles. The average molecular weight is 220 g/mol. The van der Waals surface area contributed by atoms with Crippen LogP contribution < -0.4 is 0 Å². The number of hydrogen-bond donors (Lipinski definition) is 0. The second-order valence-electron chi connectivity index (χ2n) is 3.00. The molecule has 0 aliphatic heterocycles. The molecule has 1 aromatic carbocycles. The number of hydrogen-bond acceptors (Lipinski definition) is 4. The van der Waals surface area contributed by atoms with Crippen LogP contribution in [0.1, 0.15) is 11.1 Å². The molecule has 0 spiro atoms. The molecule has 0 fully saturated rings.